The molecule has 0 aromatic carbocycles. The first kappa shape index (κ1) is 10.7. The Morgan fingerprint density at radius 2 is 2.19 bits per heavy atom. The highest BCUT2D eigenvalue weighted by Crippen LogP contribution is 2.26. The highest BCUT2D eigenvalue weighted by atomic mass is 15.3. The van der Waals surface area contributed by atoms with E-state index in [1.807, 2.05) is 24.7 Å². The second-order valence-corrected chi connectivity index (χ2v) is 3.97. The Kier molecular flexibility index (Phi) is 2.68. The van der Waals surface area contributed by atoms with Gasteiger partial charge in [0, 0.05) is 25.4 Å². The van der Waals surface area contributed by atoms with Crippen molar-refractivity contribution in [1.29, 1.82) is 0 Å². The molecule has 2 aromatic heterocycles. The van der Waals surface area contributed by atoms with Crippen molar-refractivity contribution in [2.75, 3.05) is 5.73 Å². The van der Waals surface area contributed by atoms with Crippen LogP contribution in [0, 0.1) is 6.92 Å². The molecule has 16 heavy (non-hydrogen) atoms. The highest BCUT2D eigenvalue weighted by Gasteiger charge is 2.13. The number of nitrogens with two attached hydrogens (primary N) is 1. The molecule has 0 aliphatic heterocycles. The maximum absolute atomic E-state index is 6.06. The van der Waals surface area contributed by atoms with Crippen molar-refractivity contribution in [1.82, 2.24) is 19.3 Å². The smallest absolute Gasteiger partial charge is 0.131 e. The van der Waals surface area contributed by atoms with Gasteiger partial charge in [-0.15, -0.1) is 0 Å². The van der Waals surface area contributed by atoms with Crippen molar-refractivity contribution >= 4 is 5.82 Å². The van der Waals surface area contributed by atoms with Crippen molar-refractivity contribution < 1.29 is 0 Å². The van der Waals surface area contributed by atoms with Gasteiger partial charge in [-0.3, -0.25) is 4.68 Å². The lowest BCUT2D eigenvalue weighted by atomic mass is 10.2. The van der Waals surface area contributed by atoms with Crippen molar-refractivity contribution in [3.63, 3.8) is 0 Å². The molecule has 0 saturated heterocycles. The third kappa shape index (κ3) is 1.68. The summed E-state index contributed by atoms with van der Waals surface area (Å²) in [5.41, 5.74) is 8.86. The van der Waals surface area contributed by atoms with E-state index >= 15 is 0 Å². The highest BCUT2D eigenvalue weighted by molar-refractivity contribution is 5.71. The van der Waals surface area contributed by atoms with E-state index < -0.39 is 0 Å². The van der Waals surface area contributed by atoms with E-state index in [9.17, 15) is 0 Å². The van der Waals surface area contributed by atoms with E-state index in [1.54, 1.807) is 11.0 Å². The third-order valence-corrected chi connectivity index (χ3v) is 2.61. The van der Waals surface area contributed by atoms with Crippen LogP contribution in [-0.2, 0) is 13.6 Å². The molecule has 86 valence electrons. The normalized spacial score (nSPS) is 10.9. The number of nitrogen functional groups attached to an aromatic ring is 1. The summed E-state index contributed by atoms with van der Waals surface area (Å²) in [6.07, 6.45) is 4.79. The summed E-state index contributed by atoms with van der Waals surface area (Å²) in [5, 5.41) is 4.30. The van der Waals surface area contributed by atoms with Gasteiger partial charge in [-0.2, -0.15) is 5.10 Å². The summed E-state index contributed by atoms with van der Waals surface area (Å²) in [6, 6.07) is 0. The van der Waals surface area contributed by atoms with E-state index in [4.69, 9.17) is 5.73 Å². The Bertz CT molecular complexity index is 494. The van der Waals surface area contributed by atoms with Gasteiger partial charge < -0.3 is 10.3 Å². The Morgan fingerprint density at radius 3 is 2.75 bits per heavy atom. The summed E-state index contributed by atoms with van der Waals surface area (Å²) in [5.74, 6) is 0.720. The number of hydrogen-bond donors (Lipinski definition) is 1. The molecule has 2 rings (SSSR count). The fraction of sp³-hybridized carbons (Fsp3) is 0.455. The number of hydrogen-bond acceptors (Lipinski definition) is 3. The van der Waals surface area contributed by atoms with Gasteiger partial charge in [0.25, 0.3) is 0 Å². The van der Waals surface area contributed by atoms with Crippen LogP contribution in [0.3, 0.4) is 0 Å². The van der Waals surface area contributed by atoms with Crippen molar-refractivity contribution in [3.05, 3.63) is 18.2 Å². The second-order valence-electron chi connectivity index (χ2n) is 3.97. The number of aryl methyl sites for hydroxylation is 3. The monoisotopic (exact) mass is 219 g/mol. The van der Waals surface area contributed by atoms with Crippen LogP contribution in [0.15, 0.2) is 12.5 Å². The van der Waals surface area contributed by atoms with E-state index in [0.717, 1.165) is 35.7 Å². The van der Waals surface area contributed by atoms with Crippen LogP contribution in [0.25, 0.3) is 11.3 Å². The minimum absolute atomic E-state index is 0.720. The number of rotatable bonds is 3. The minimum Gasteiger partial charge on any atom is -0.383 e. The predicted molar refractivity (Wildman–Crippen MR) is 63.9 cm³/mol. The predicted octanol–water partition coefficient (Wildman–Crippen LogP) is 1.58. The lowest BCUT2D eigenvalue weighted by Crippen LogP contribution is -2.01. The van der Waals surface area contributed by atoms with Crippen LogP contribution < -0.4 is 5.73 Å². The fourth-order valence-corrected chi connectivity index (χ4v) is 1.85. The van der Waals surface area contributed by atoms with Gasteiger partial charge in [0.1, 0.15) is 11.5 Å². The molecule has 2 heterocycles. The van der Waals surface area contributed by atoms with Crippen LogP contribution in [0.2, 0.25) is 0 Å². The maximum Gasteiger partial charge on any atom is 0.131 e. The first-order chi connectivity index (χ1) is 7.63. The maximum atomic E-state index is 6.06. The van der Waals surface area contributed by atoms with Crippen LogP contribution in [0.5, 0.6) is 0 Å². The van der Waals surface area contributed by atoms with Crippen LogP contribution in [0.1, 0.15) is 19.0 Å². The number of aromatic nitrogens is 4. The fourth-order valence-electron chi connectivity index (χ4n) is 1.85. The molecule has 0 fully saturated rings. The zero-order valence-electron chi connectivity index (χ0n) is 9.94. The quantitative estimate of drug-likeness (QED) is 0.852. The molecule has 2 aromatic rings. The Labute approximate surface area is 94.9 Å². The minimum atomic E-state index is 0.720. The van der Waals surface area contributed by atoms with Crippen molar-refractivity contribution in [3.8, 4) is 11.3 Å². The van der Waals surface area contributed by atoms with E-state index in [-0.39, 0.29) is 0 Å². The summed E-state index contributed by atoms with van der Waals surface area (Å²) in [7, 11) is 1.90. The van der Waals surface area contributed by atoms with E-state index in [1.165, 1.54) is 0 Å². The van der Waals surface area contributed by atoms with Gasteiger partial charge in [-0.05, 0) is 13.3 Å². The van der Waals surface area contributed by atoms with Crippen LogP contribution in [0.4, 0.5) is 5.82 Å². The Morgan fingerprint density at radius 1 is 1.44 bits per heavy atom. The molecule has 0 saturated carbocycles. The Balaban J connectivity index is 2.44. The number of anilines is 1. The average molecular weight is 219 g/mol. The molecule has 0 bridgehead atoms. The molecule has 5 nitrogen and oxygen atoms in total. The lowest BCUT2D eigenvalue weighted by molar-refractivity contribution is 0.686. The topological polar surface area (TPSA) is 61.7 Å². The molecular formula is C11H17N5. The molecule has 0 aliphatic rings. The second kappa shape index (κ2) is 4.00. The molecule has 0 radical (unpaired) electrons. The molecule has 0 unspecified atom stereocenters. The van der Waals surface area contributed by atoms with Gasteiger partial charge in [0.2, 0.25) is 0 Å². The van der Waals surface area contributed by atoms with Crippen LogP contribution in [-0.4, -0.2) is 19.3 Å². The molecule has 0 aliphatic carbocycles. The molecule has 0 amide bonds. The summed E-state index contributed by atoms with van der Waals surface area (Å²) in [4.78, 5) is 4.36. The van der Waals surface area contributed by atoms with E-state index in [0.29, 0.717) is 0 Å². The Hall–Kier alpha value is -1.78. The molecule has 0 atom stereocenters. The lowest BCUT2D eigenvalue weighted by Gasteiger charge is -2.02. The van der Waals surface area contributed by atoms with Crippen LogP contribution >= 0.6 is 0 Å². The first-order valence-electron chi connectivity index (χ1n) is 5.44. The molecule has 2 N–H and O–H groups in total. The van der Waals surface area contributed by atoms with Crippen molar-refractivity contribution in [2.45, 2.75) is 26.8 Å². The van der Waals surface area contributed by atoms with Gasteiger partial charge in [-0.25, -0.2) is 4.98 Å². The zero-order chi connectivity index (χ0) is 11.7. The average Bonchev–Trinajstić information content (AvgIpc) is 2.73. The van der Waals surface area contributed by atoms with Gasteiger partial charge in [0.05, 0.1) is 12.0 Å². The largest absolute Gasteiger partial charge is 0.383 e. The van der Waals surface area contributed by atoms with Crippen molar-refractivity contribution in [2.24, 2.45) is 7.05 Å². The summed E-state index contributed by atoms with van der Waals surface area (Å²) >= 11 is 0. The summed E-state index contributed by atoms with van der Waals surface area (Å²) < 4.78 is 3.75. The zero-order valence-corrected chi connectivity index (χ0v) is 9.94. The third-order valence-electron chi connectivity index (χ3n) is 2.61. The molecule has 0 spiro atoms. The van der Waals surface area contributed by atoms with E-state index in [2.05, 4.69) is 17.0 Å². The number of imidazole rings is 1. The van der Waals surface area contributed by atoms with Gasteiger partial charge in [-0.1, -0.05) is 6.92 Å². The standard InChI is InChI=1S/C11H17N5/c1-4-5-16-7-13-10(11(16)12)9-6-15(3)14-8(9)2/h6-7H,4-5,12H2,1-3H3. The molecular weight excluding hydrogens is 202 g/mol. The molecule has 5 heteroatoms. The van der Waals surface area contributed by atoms with Gasteiger partial charge in [0.15, 0.2) is 0 Å². The van der Waals surface area contributed by atoms with Gasteiger partial charge >= 0.3 is 0 Å². The SMILES string of the molecule is CCCn1cnc(-c2cn(C)nc2C)c1N. The first-order valence-corrected chi connectivity index (χ1v) is 5.44. The summed E-state index contributed by atoms with van der Waals surface area (Å²) in [6.45, 7) is 4.99. The number of nitrogens with zero attached hydrogens (tertiary/aromatic N) is 4.